The van der Waals surface area contributed by atoms with Crippen LogP contribution in [0.1, 0.15) is 39.9 Å². The lowest BCUT2D eigenvalue weighted by atomic mass is 9.94. The Morgan fingerprint density at radius 1 is 1.14 bits per heavy atom. The molecule has 1 aliphatic heterocycles. The zero-order chi connectivity index (χ0) is 18.9. The van der Waals surface area contributed by atoms with E-state index in [1.165, 1.54) is 11.1 Å². The van der Waals surface area contributed by atoms with Crippen LogP contribution in [0.5, 0.6) is 0 Å². The van der Waals surface area contributed by atoms with Crippen molar-refractivity contribution >= 4 is 5.91 Å². The second-order valence-corrected chi connectivity index (χ2v) is 7.66. The van der Waals surface area contributed by atoms with Gasteiger partial charge in [-0.25, -0.2) is 4.68 Å². The lowest BCUT2D eigenvalue weighted by Crippen LogP contribution is -2.34. The molecule has 1 fully saturated rings. The van der Waals surface area contributed by atoms with E-state index in [-0.39, 0.29) is 5.91 Å². The molecule has 2 aliphatic rings. The summed E-state index contributed by atoms with van der Waals surface area (Å²) < 4.78 is 1.88. The molecule has 0 bridgehead atoms. The van der Waals surface area contributed by atoms with E-state index in [1.54, 1.807) is 0 Å². The summed E-state index contributed by atoms with van der Waals surface area (Å²) >= 11 is 0. The smallest absolute Gasteiger partial charge is 0.254 e. The summed E-state index contributed by atoms with van der Waals surface area (Å²) in [5, 5.41) is 7.89. The number of carbonyl (C=O) groups excluding carboxylic acids is 1. The van der Waals surface area contributed by atoms with Crippen LogP contribution in [0, 0.1) is 0 Å². The van der Waals surface area contributed by atoms with Gasteiger partial charge < -0.3 is 10.2 Å². The molecule has 1 aliphatic carbocycles. The molecule has 2 heterocycles. The normalized spacial score (nSPS) is 15.9. The standard InChI is InChI=1S/C23H24N4O/c28-23(22-8-4-5-18-14-24-12-11-21(18)22)26(19-9-10-19)15-17-13-25-27(16-17)20-6-2-1-3-7-20/h1-8,13,16,19,24H,9-12,14-15H2. The molecule has 2 aromatic carbocycles. The average molecular weight is 372 g/mol. The highest BCUT2D eigenvalue weighted by molar-refractivity contribution is 5.96. The minimum atomic E-state index is 0.161. The van der Waals surface area contributed by atoms with Crippen LogP contribution in [-0.2, 0) is 19.5 Å². The molecule has 1 amide bonds. The lowest BCUT2D eigenvalue weighted by Gasteiger charge is -2.26. The Morgan fingerprint density at radius 2 is 2.00 bits per heavy atom. The predicted octanol–water partition coefficient (Wildman–Crippen LogP) is 3.32. The van der Waals surface area contributed by atoms with Crippen LogP contribution in [0.15, 0.2) is 60.9 Å². The van der Waals surface area contributed by atoms with Crippen molar-refractivity contribution in [3.05, 3.63) is 83.2 Å². The fourth-order valence-corrected chi connectivity index (χ4v) is 4.00. The first kappa shape index (κ1) is 17.2. The van der Waals surface area contributed by atoms with Gasteiger partial charge in [0.2, 0.25) is 0 Å². The third kappa shape index (κ3) is 3.34. The van der Waals surface area contributed by atoms with Gasteiger partial charge in [0.05, 0.1) is 11.9 Å². The SMILES string of the molecule is O=C(c1cccc2c1CCNC2)N(Cc1cnn(-c2ccccc2)c1)C1CC1. The number of benzene rings is 2. The van der Waals surface area contributed by atoms with Crippen molar-refractivity contribution in [2.75, 3.05) is 6.54 Å². The number of aromatic nitrogens is 2. The van der Waals surface area contributed by atoms with Gasteiger partial charge in [0.15, 0.2) is 0 Å². The predicted molar refractivity (Wildman–Crippen MR) is 108 cm³/mol. The number of hydrogen-bond donors (Lipinski definition) is 1. The van der Waals surface area contributed by atoms with Gasteiger partial charge in [0.25, 0.3) is 5.91 Å². The number of nitrogens with one attached hydrogen (secondary N) is 1. The Bertz CT molecular complexity index is 991. The zero-order valence-electron chi connectivity index (χ0n) is 15.8. The largest absolute Gasteiger partial charge is 0.331 e. The van der Waals surface area contributed by atoms with Gasteiger partial charge in [-0.05, 0) is 55.1 Å². The van der Waals surface area contributed by atoms with Crippen molar-refractivity contribution in [3.63, 3.8) is 0 Å². The van der Waals surface area contributed by atoms with Gasteiger partial charge in [-0.15, -0.1) is 0 Å². The molecule has 0 radical (unpaired) electrons. The maximum atomic E-state index is 13.5. The van der Waals surface area contributed by atoms with Crippen molar-refractivity contribution < 1.29 is 4.79 Å². The number of para-hydroxylation sites is 1. The average Bonchev–Trinajstić information content (AvgIpc) is 3.49. The highest BCUT2D eigenvalue weighted by atomic mass is 16.2. The molecule has 5 heteroatoms. The summed E-state index contributed by atoms with van der Waals surface area (Å²) in [7, 11) is 0. The third-order valence-electron chi connectivity index (χ3n) is 5.63. The van der Waals surface area contributed by atoms with Crippen LogP contribution in [0.2, 0.25) is 0 Å². The highest BCUT2D eigenvalue weighted by Crippen LogP contribution is 2.31. The zero-order valence-corrected chi connectivity index (χ0v) is 15.8. The van der Waals surface area contributed by atoms with Gasteiger partial charge in [-0.2, -0.15) is 5.10 Å². The van der Waals surface area contributed by atoms with Gasteiger partial charge in [-0.3, -0.25) is 4.79 Å². The first-order valence-electron chi connectivity index (χ1n) is 10.0. The molecule has 0 unspecified atom stereocenters. The maximum Gasteiger partial charge on any atom is 0.254 e. The summed E-state index contributed by atoms with van der Waals surface area (Å²) in [4.78, 5) is 15.5. The van der Waals surface area contributed by atoms with Gasteiger partial charge in [-0.1, -0.05) is 30.3 Å². The van der Waals surface area contributed by atoms with Crippen LogP contribution in [0.4, 0.5) is 0 Å². The Morgan fingerprint density at radius 3 is 2.82 bits per heavy atom. The van der Waals surface area contributed by atoms with E-state index in [1.807, 2.05) is 64.4 Å². The van der Waals surface area contributed by atoms with Crippen LogP contribution in [0.25, 0.3) is 5.69 Å². The van der Waals surface area contributed by atoms with E-state index in [0.717, 1.165) is 49.2 Å². The number of hydrogen-bond acceptors (Lipinski definition) is 3. The highest BCUT2D eigenvalue weighted by Gasteiger charge is 2.34. The number of fused-ring (bicyclic) bond motifs is 1. The molecule has 0 atom stereocenters. The molecular formula is C23H24N4O. The second kappa shape index (κ2) is 7.24. The Kier molecular flexibility index (Phi) is 4.45. The van der Waals surface area contributed by atoms with Crippen molar-refractivity contribution in [2.45, 2.75) is 38.4 Å². The van der Waals surface area contributed by atoms with Crippen LogP contribution in [-0.4, -0.2) is 33.2 Å². The van der Waals surface area contributed by atoms with Crippen molar-refractivity contribution in [2.24, 2.45) is 0 Å². The van der Waals surface area contributed by atoms with Crippen molar-refractivity contribution in [1.82, 2.24) is 20.0 Å². The monoisotopic (exact) mass is 372 g/mol. The molecule has 5 rings (SSSR count). The van der Waals surface area contributed by atoms with Crippen LogP contribution >= 0.6 is 0 Å². The van der Waals surface area contributed by atoms with Crippen LogP contribution in [0.3, 0.4) is 0 Å². The van der Waals surface area contributed by atoms with E-state index < -0.39 is 0 Å². The minimum Gasteiger partial charge on any atom is -0.331 e. The minimum absolute atomic E-state index is 0.161. The Balaban J connectivity index is 1.40. The summed E-state index contributed by atoms with van der Waals surface area (Å²) in [6, 6.07) is 16.6. The van der Waals surface area contributed by atoms with E-state index in [4.69, 9.17) is 0 Å². The first-order chi connectivity index (χ1) is 13.8. The van der Waals surface area contributed by atoms with Gasteiger partial charge in [0.1, 0.15) is 0 Å². The quantitative estimate of drug-likeness (QED) is 0.747. The molecule has 28 heavy (non-hydrogen) atoms. The lowest BCUT2D eigenvalue weighted by molar-refractivity contribution is 0.0728. The number of carbonyl (C=O) groups is 1. The number of amides is 1. The topological polar surface area (TPSA) is 50.2 Å². The summed E-state index contributed by atoms with van der Waals surface area (Å²) in [6.07, 6.45) is 7.01. The molecule has 0 saturated heterocycles. The first-order valence-corrected chi connectivity index (χ1v) is 10.0. The molecule has 1 aromatic heterocycles. The van der Waals surface area contributed by atoms with Crippen molar-refractivity contribution in [3.8, 4) is 5.69 Å². The fraction of sp³-hybridized carbons (Fsp3) is 0.304. The van der Waals surface area contributed by atoms with Gasteiger partial charge >= 0.3 is 0 Å². The summed E-state index contributed by atoms with van der Waals surface area (Å²) in [5.41, 5.74) is 5.45. The summed E-state index contributed by atoms with van der Waals surface area (Å²) in [6.45, 7) is 2.40. The molecule has 3 aromatic rings. The Labute approximate surface area is 165 Å². The molecule has 1 N–H and O–H groups in total. The van der Waals surface area contributed by atoms with Crippen molar-refractivity contribution in [1.29, 1.82) is 0 Å². The van der Waals surface area contributed by atoms with Crippen LogP contribution < -0.4 is 5.32 Å². The molecule has 1 saturated carbocycles. The molecular weight excluding hydrogens is 348 g/mol. The number of rotatable bonds is 5. The maximum absolute atomic E-state index is 13.5. The molecule has 5 nitrogen and oxygen atoms in total. The van der Waals surface area contributed by atoms with E-state index in [2.05, 4.69) is 16.5 Å². The van der Waals surface area contributed by atoms with E-state index in [9.17, 15) is 4.79 Å². The van der Waals surface area contributed by atoms with E-state index in [0.29, 0.717) is 12.6 Å². The summed E-state index contributed by atoms with van der Waals surface area (Å²) in [5.74, 6) is 0.161. The molecule has 0 spiro atoms. The fourth-order valence-electron chi connectivity index (χ4n) is 4.00. The third-order valence-corrected chi connectivity index (χ3v) is 5.63. The Hall–Kier alpha value is -2.92. The molecule has 142 valence electrons. The van der Waals surface area contributed by atoms with Gasteiger partial charge in [0, 0.05) is 36.5 Å². The number of nitrogens with zero attached hydrogens (tertiary/aromatic N) is 3. The van der Waals surface area contributed by atoms with E-state index >= 15 is 0 Å². The second-order valence-electron chi connectivity index (χ2n) is 7.66.